The predicted molar refractivity (Wildman–Crippen MR) is 139 cm³/mol. The molecule has 206 valence electrons. The highest BCUT2D eigenvalue weighted by molar-refractivity contribution is 5.99. The second-order valence-electron chi connectivity index (χ2n) is 10.8. The third-order valence-corrected chi connectivity index (χ3v) is 8.62. The molecule has 1 spiro atoms. The van der Waals surface area contributed by atoms with Crippen LogP contribution in [0.1, 0.15) is 33.1 Å². The molecule has 0 saturated carbocycles. The SMILES string of the molecule is CC[C@]12/C=C\CCCOC(=O)[C@H]1[C@H]1C(=O)N([C@H](C)CO)C3C(=O)N(Cn4nnc5ccccc54)CC=C[C@@]31O2. The molecule has 6 atom stereocenters. The van der Waals surface area contributed by atoms with Crippen molar-refractivity contribution in [2.75, 3.05) is 19.8 Å². The van der Waals surface area contributed by atoms with Gasteiger partial charge < -0.3 is 24.4 Å². The Morgan fingerprint density at radius 1 is 1.13 bits per heavy atom. The maximum atomic E-state index is 14.4. The van der Waals surface area contributed by atoms with Crippen LogP contribution in [-0.2, 0) is 30.5 Å². The van der Waals surface area contributed by atoms with E-state index >= 15 is 0 Å². The molecule has 0 aliphatic carbocycles. The fraction of sp³-hybridized carbons (Fsp3) is 0.536. The molecule has 1 aromatic heterocycles. The smallest absolute Gasteiger partial charge is 0.313 e. The molecular weight excluding hydrogens is 502 g/mol. The van der Waals surface area contributed by atoms with Gasteiger partial charge in [0, 0.05) is 6.54 Å². The van der Waals surface area contributed by atoms with Gasteiger partial charge in [0.2, 0.25) is 5.91 Å². The van der Waals surface area contributed by atoms with Crippen LogP contribution < -0.4 is 0 Å². The van der Waals surface area contributed by atoms with E-state index in [0.717, 1.165) is 5.52 Å². The van der Waals surface area contributed by atoms with E-state index < -0.39 is 47.0 Å². The van der Waals surface area contributed by atoms with Gasteiger partial charge in [0.25, 0.3) is 5.91 Å². The molecule has 2 saturated heterocycles. The number of carbonyl (C=O) groups excluding carboxylic acids is 3. The number of aliphatic hydroxyl groups excluding tert-OH is 1. The minimum Gasteiger partial charge on any atom is -0.465 e. The monoisotopic (exact) mass is 535 g/mol. The van der Waals surface area contributed by atoms with E-state index in [9.17, 15) is 19.5 Å². The van der Waals surface area contributed by atoms with Gasteiger partial charge in [0.15, 0.2) is 0 Å². The van der Waals surface area contributed by atoms with Gasteiger partial charge in [-0.1, -0.05) is 48.6 Å². The van der Waals surface area contributed by atoms with Crippen molar-refractivity contribution in [3.05, 3.63) is 48.6 Å². The molecule has 6 rings (SSSR count). The lowest BCUT2D eigenvalue weighted by Crippen LogP contribution is -2.58. The summed E-state index contributed by atoms with van der Waals surface area (Å²) in [5, 5.41) is 18.5. The first-order chi connectivity index (χ1) is 18.9. The Balaban J connectivity index is 1.46. The number of benzene rings is 1. The molecule has 4 aliphatic rings. The lowest BCUT2D eigenvalue weighted by atomic mass is 9.73. The number of aliphatic hydroxyl groups is 1. The number of esters is 1. The Kier molecular flexibility index (Phi) is 6.30. The average Bonchev–Trinajstić information content (AvgIpc) is 3.53. The zero-order chi connectivity index (χ0) is 27.4. The summed E-state index contributed by atoms with van der Waals surface area (Å²) in [6, 6.07) is 5.73. The summed E-state index contributed by atoms with van der Waals surface area (Å²) in [6.45, 7) is 3.88. The van der Waals surface area contributed by atoms with Crippen molar-refractivity contribution in [1.29, 1.82) is 0 Å². The summed E-state index contributed by atoms with van der Waals surface area (Å²) in [7, 11) is 0. The normalized spacial score (nSPS) is 34.0. The zero-order valence-corrected chi connectivity index (χ0v) is 22.1. The molecule has 2 fully saturated rings. The van der Waals surface area contributed by atoms with E-state index in [1.165, 1.54) is 4.90 Å². The third-order valence-electron chi connectivity index (χ3n) is 8.62. The Morgan fingerprint density at radius 3 is 2.74 bits per heavy atom. The van der Waals surface area contributed by atoms with Crippen molar-refractivity contribution in [1.82, 2.24) is 24.8 Å². The van der Waals surface area contributed by atoms with Crippen LogP contribution in [0.15, 0.2) is 48.6 Å². The topological polar surface area (TPSA) is 127 Å². The van der Waals surface area contributed by atoms with Crippen LogP contribution in [0, 0.1) is 11.8 Å². The number of hydrogen-bond acceptors (Lipinski definition) is 8. The lowest BCUT2D eigenvalue weighted by molar-refractivity contribution is -0.163. The van der Waals surface area contributed by atoms with Crippen LogP contribution in [0.5, 0.6) is 0 Å². The number of cyclic esters (lactones) is 1. The Labute approximate surface area is 226 Å². The number of amides is 2. The molecule has 0 radical (unpaired) electrons. The molecule has 4 aliphatic heterocycles. The van der Waals surface area contributed by atoms with Gasteiger partial charge in [-0.3, -0.25) is 14.4 Å². The molecule has 5 heterocycles. The first kappa shape index (κ1) is 25.7. The number of nitrogens with zero attached hydrogens (tertiary/aromatic N) is 5. The van der Waals surface area contributed by atoms with E-state index in [1.54, 1.807) is 22.6 Å². The summed E-state index contributed by atoms with van der Waals surface area (Å²) >= 11 is 0. The molecule has 1 N–H and O–H groups in total. The maximum absolute atomic E-state index is 14.4. The van der Waals surface area contributed by atoms with Crippen molar-refractivity contribution in [2.24, 2.45) is 11.8 Å². The zero-order valence-electron chi connectivity index (χ0n) is 22.1. The molecular formula is C28H33N5O6. The largest absolute Gasteiger partial charge is 0.465 e. The first-order valence-corrected chi connectivity index (χ1v) is 13.6. The number of rotatable bonds is 5. The number of hydrogen-bond donors (Lipinski definition) is 1. The van der Waals surface area contributed by atoms with Gasteiger partial charge in [-0.15, -0.1) is 5.10 Å². The van der Waals surface area contributed by atoms with E-state index in [4.69, 9.17) is 9.47 Å². The van der Waals surface area contributed by atoms with Crippen LogP contribution in [0.25, 0.3) is 11.0 Å². The van der Waals surface area contributed by atoms with Crippen molar-refractivity contribution >= 4 is 28.8 Å². The predicted octanol–water partition coefficient (Wildman–Crippen LogP) is 1.42. The lowest BCUT2D eigenvalue weighted by Gasteiger charge is -2.40. The number of para-hydroxylation sites is 1. The highest BCUT2D eigenvalue weighted by atomic mass is 16.6. The Morgan fingerprint density at radius 2 is 1.95 bits per heavy atom. The molecule has 39 heavy (non-hydrogen) atoms. The summed E-state index contributed by atoms with van der Waals surface area (Å²) in [4.78, 5) is 45.2. The number of ether oxygens (including phenoxy) is 2. The van der Waals surface area contributed by atoms with Crippen molar-refractivity contribution in [3.63, 3.8) is 0 Å². The van der Waals surface area contributed by atoms with Crippen LogP contribution in [0.2, 0.25) is 0 Å². The summed E-state index contributed by atoms with van der Waals surface area (Å²) < 4.78 is 14.2. The van der Waals surface area contributed by atoms with E-state index in [1.807, 2.05) is 49.4 Å². The van der Waals surface area contributed by atoms with E-state index in [2.05, 4.69) is 10.3 Å². The Bertz CT molecular complexity index is 1370. The summed E-state index contributed by atoms with van der Waals surface area (Å²) in [5.41, 5.74) is -1.02. The fourth-order valence-electron chi connectivity index (χ4n) is 6.73. The highest BCUT2D eigenvalue weighted by Crippen LogP contribution is 2.58. The number of likely N-dealkylation sites (tertiary alicyclic amines) is 1. The van der Waals surface area contributed by atoms with Crippen LogP contribution in [0.3, 0.4) is 0 Å². The first-order valence-electron chi connectivity index (χ1n) is 13.6. The second kappa shape index (κ2) is 9.56. The van der Waals surface area contributed by atoms with E-state index in [0.29, 0.717) is 24.8 Å². The van der Waals surface area contributed by atoms with E-state index in [-0.39, 0.29) is 32.3 Å². The van der Waals surface area contributed by atoms with Gasteiger partial charge in [-0.25, -0.2) is 4.68 Å². The maximum Gasteiger partial charge on any atom is 0.313 e. The average molecular weight is 536 g/mol. The van der Waals surface area contributed by atoms with Gasteiger partial charge >= 0.3 is 5.97 Å². The summed E-state index contributed by atoms with van der Waals surface area (Å²) in [6.07, 6.45) is 9.31. The Hall–Kier alpha value is -3.57. The molecule has 2 aromatic rings. The van der Waals surface area contributed by atoms with Crippen LogP contribution in [0.4, 0.5) is 0 Å². The molecule has 11 nitrogen and oxygen atoms in total. The fourth-order valence-corrected chi connectivity index (χ4v) is 6.73. The molecule has 2 amide bonds. The van der Waals surface area contributed by atoms with Gasteiger partial charge in [0.1, 0.15) is 35.3 Å². The molecule has 0 bridgehead atoms. The highest BCUT2D eigenvalue weighted by Gasteiger charge is 2.75. The minimum atomic E-state index is -1.40. The number of fused-ring (bicyclic) bond motifs is 3. The number of aromatic nitrogens is 3. The van der Waals surface area contributed by atoms with Gasteiger partial charge in [-0.2, -0.15) is 0 Å². The van der Waals surface area contributed by atoms with Crippen molar-refractivity contribution in [3.8, 4) is 0 Å². The standard InChI is InChI=1S/C28H33N5O6/c1-3-27-12-7-4-8-15-38-26(37)22(27)21-24(35)33(18(2)16-34)23-25(36)31(14-9-13-28(21,23)39-27)17-32-20-11-6-5-10-19(20)29-30-32/h5-7,9-13,18,21-23,34H,3-4,8,14-17H2,1-2H3/b12-7-/t18-,21+,22-,23?,27+,28+/m1/s1. The molecule has 1 unspecified atom stereocenters. The minimum absolute atomic E-state index is 0.112. The van der Waals surface area contributed by atoms with Gasteiger partial charge in [0.05, 0.1) is 30.7 Å². The van der Waals surface area contributed by atoms with Gasteiger partial charge in [-0.05, 0) is 38.3 Å². The van der Waals surface area contributed by atoms with Crippen molar-refractivity contribution < 1.29 is 29.0 Å². The summed E-state index contributed by atoms with van der Waals surface area (Å²) in [5.74, 6) is -3.12. The second-order valence-corrected chi connectivity index (χ2v) is 10.8. The van der Waals surface area contributed by atoms with Crippen LogP contribution >= 0.6 is 0 Å². The quantitative estimate of drug-likeness (QED) is 0.450. The molecule has 1 aromatic carbocycles. The number of allylic oxidation sites excluding steroid dienone is 1. The van der Waals surface area contributed by atoms with Crippen molar-refractivity contribution in [2.45, 2.75) is 63.1 Å². The molecule has 11 heteroatoms. The number of carbonyl (C=O) groups is 3. The van der Waals surface area contributed by atoms with Crippen LogP contribution in [-0.4, -0.2) is 90.7 Å². The third kappa shape index (κ3) is 3.74.